The molecule has 2 aromatic heterocycles. The normalized spacial score (nSPS) is 15.8. The van der Waals surface area contributed by atoms with E-state index < -0.39 is 0 Å². The van der Waals surface area contributed by atoms with Gasteiger partial charge in [-0.25, -0.2) is 10.1 Å². The van der Waals surface area contributed by atoms with Gasteiger partial charge in [0.15, 0.2) is 16.2 Å². The number of rotatable bonds is 2. The number of hydrogen-bond acceptors (Lipinski definition) is 5. The molecule has 0 spiro atoms. The number of nitriles is 1. The average molecular weight is 405 g/mol. The lowest BCUT2D eigenvalue weighted by Crippen LogP contribution is -1.95. The first kappa shape index (κ1) is 17.8. The predicted octanol–water partition coefficient (Wildman–Crippen LogP) is 5.99. The zero-order valence-corrected chi connectivity index (χ0v) is 16.2. The van der Waals surface area contributed by atoms with Crippen LogP contribution in [-0.4, -0.2) is 10.8 Å². The van der Waals surface area contributed by atoms with Crippen molar-refractivity contribution in [3.05, 3.63) is 100 Å². The fourth-order valence-electron chi connectivity index (χ4n) is 3.51. The maximum absolute atomic E-state index is 13.0. The molecular weight excluding hydrogens is 394 g/mol. The number of Topliss-reactive ketones (excluding diaryl/α,β-unsaturated/α-hetero) is 1. The van der Waals surface area contributed by atoms with Gasteiger partial charge in [0.2, 0.25) is 5.89 Å². The fourth-order valence-corrected chi connectivity index (χ4v) is 4.48. The minimum absolute atomic E-state index is 0.126. The van der Waals surface area contributed by atoms with Gasteiger partial charge >= 0.3 is 0 Å². The van der Waals surface area contributed by atoms with Crippen LogP contribution in [0, 0.1) is 17.9 Å². The maximum Gasteiger partial charge on any atom is 0.270 e. The van der Waals surface area contributed by atoms with Gasteiger partial charge in [0, 0.05) is 33.7 Å². The number of allylic oxidation sites excluding steroid dienone is 3. The zero-order valence-electron chi connectivity index (χ0n) is 15.4. The molecule has 0 bridgehead atoms. The molecule has 0 unspecified atom stereocenters. The number of nitrogens with zero attached hydrogens (tertiary/aromatic N) is 3. The number of oxazole rings is 1. The van der Waals surface area contributed by atoms with Crippen LogP contribution in [0.25, 0.3) is 37.3 Å². The van der Waals surface area contributed by atoms with Crippen LogP contribution in [0.1, 0.15) is 21.8 Å². The van der Waals surface area contributed by atoms with Gasteiger partial charge in [0.25, 0.3) is 5.70 Å². The monoisotopic (exact) mass is 405 g/mol. The molecule has 6 heteroatoms. The van der Waals surface area contributed by atoms with E-state index >= 15 is 0 Å². The number of thiophene rings is 1. The van der Waals surface area contributed by atoms with Crippen LogP contribution in [-0.2, 0) is 0 Å². The Bertz CT molecular complexity index is 1430. The van der Waals surface area contributed by atoms with Gasteiger partial charge in [-0.3, -0.25) is 4.79 Å². The Hall–Kier alpha value is -4.26. The number of carbonyl (C=O) groups excluding carboxylic acids is 1. The van der Waals surface area contributed by atoms with Crippen molar-refractivity contribution in [3.8, 4) is 16.5 Å². The van der Waals surface area contributed by atoms with Gasteiger partial charge in [-0.15, -0.1) is 11.3 Å². The van der Waals surface area contributed by atoms with Crippen molar-refractivity contribution in [3.63, 3.8) is 0 Å². The Morgan fingerprint density at radius 2 is 1.87 bits per heavy atom. The molecule has 1 aliphatic carbocycles. The summed E-state index contributed by atoms with van der Waals surface area (Å²) in [5.74, 6) is 0.0234. The molecule has 140 valence electrons. The highest BCUT2D eigenvalue weighted by Crippen LogP contribution is 2.41. The summed E-state index contributed by atoms with van der Waals surface area (Å²) in [6.45, 7) is 7.34. The third-order valence-corrected chi connectivity index (χ3v) is 5.90. The topological polar surface area (TPSA) is 71.2 Å². The summed E-state index contributed by atoms with van der Waals surface area (Å²) < 4.78 is 5.86. The molecule has 30 heavy (non-hydrogen) atoms. The van der Waals surface area contributed by atoms with Crippen LogP contribution >= 0.6 is 11.3 Å². The van der Waals surface area contributed by atoms with Crippen molar-refractivity contribution in [2.24, 2.45) is 0 Å². The van der Waals surface area contributed by atoms with Crippen molar-refractivity contribution in [1.29, 1.82) is 5.26 Å². The van der Waals surface area contributed by atoms with Crippen molar-refractivity contribution < 1.29 is 9.21 Å². The van der Waals surface area contributed by atoms with E-state index in [0.717, 1.165) is 15.3 Å². The molecule has 4 aromatic rings. The number of benzene rings is 2. The molecule has 0 atom stereocenters. The molecule has 0 saturated heterocycles. The molecule has 1 aliphatic rings. The van der Waals surface area contributed by atoms with Crippen LogP contribution in [0.2, 0.25) is 0 Å². The smallest absolute Gasteiger partial charge is 0.270 e. The Labute approximate surface area is 175 Å². The van der Waals surface area contributed by atoms with Crippen LogP contribution in [0.3, 0.4) is 0 Å². The van der Waals surface area contributed by atoms with E-state index in [1.54, 1.807) is 24.3 Å². The van der Waals surface area contributed by atoms with Gasteiger partial charge in [0.05, 0.1) is 12.6 Å². The van der Waals surface area contributed by atoms with Crippen LogP contribution in [0.4, 0.5) is 0 Å². The van der Waals surface area contributed by atoms with Crippen molar-refractivity contribution in [2.75, 3.05) is 0 Å². The van der Waals surface area contributed by atoms with Crippen molar-refractivity contribution >= 4 is 39.2 Å². The molecule has 0 fully saturated rings. The highest BCUT2D eigenvalue weighted by atomic mass is 32.1. The summed E-state index contributed by atoms with van der Waals surface area (Å²) in [6, 6.07) is 20.7. The van der Waals surface area contributed by atoms with Gasteiger partial charge in [-0.05, 0) is 11.1 Å². The highest BCUT2D eigenvalue weighted by Gasteiger charge is 2.32. The van der Waals surface area contributed by atoms with E-state index in [4.69, 9.17) is 11.0 Å². The van der Waals surface area contributed by atoms with Crippen LogP contribution in [0.15, 0.2) is 76.4 Å². The van der Waals surface area contributed by atoms with Gasteiger partial charge in [0.1, 0.15) is 0 Å². The third kappa shape index (κ3) is 2.76. The summed E-state index contributed by atoms with van der Waals surface area (Å²) in [4.78, 5) is 22.5. The largest absolute Gasteiger partial charge is 0.436 e. The first-order valence-corrected chi connectivity index (χ1v) is 9.85. The van der Waals surface area contributed by atoms with E-state index in [9.17, 15) is 10.1 Å². The van der Waals surface area contributed by atoms with Gasteiger partial charge in [-0.1, -0.05) is 54.6 Å². The molecule has 0 amide bonds. The van der Waals surface area contributed by atoms with Crippen molar-refractivity contribution in [1.82, 2.24) is 4.98 Å². The molecule has 2 aromatic carbocycles. The highest BCUT2D eigenvalue weighted by molar-refractivity contribution is 7.21. The molecule has 5 rings (SSSR count). The Morgan fingerprint density at radius 1 is 1.13 bits per heavy atom. The standard InChI is InChI=1S/C24H11N3O2S/c1-26-18(13-25)22-15-9-5-6-10-16(15)23(28)17(22)11-21-27-24-19(29-21)12-20(30-24)14-7-3-2-4-8-14/h2-12H/b17-11-,22-18-. The van der Waals surface area contributed by atoms with E-state index in [2.05, 4.69) is 9.83 Å². The number of hydrogen-bond donors (Lipinski definition) is 0. The summed E-state index contributed by atoms with van der Waals surface area (Å²) in [6.07, 6.45) is 1.52. The molecule has 5 nitrogen and oxygen atoms in total. The number of aromatic nitrogens is 1. The SMILES string of the molecule is [C-]#[N+]/C(C#N)=C1\C(=C\c2nc3sc(-c4ccccc4)cc3o2)C(=O)c2ccccc21. The fraction of sp³-hybridized carbons (Fsp3) is 0. The maximum atomic E-state index is 13.0. The summed E-state index contributed by atoms with van der Waals surface area (Å²) in [7, 11) is 0. The van der Waals surface area contributed by atoms with Crippen LogP contribution in [0.5, 0.6) is 0 Å². The number of fused-ring (bicyclic) bond motifs is 2. The van der Waals surface area contributed by atoms with E-state index in [1.165, 1.54) is 17.4 Å². The second-order valence-electron chi connectivity index (χ2n) is 6.58. The summed E-state index contributed by atoms with van der Waals surface area (Å²) >= 11 is 1.50. The minimum Gasteiger partial charge on any atom is -0.436 e. The van der Waals surface area contributed by atoms with Crippen molar-refractivity contribution in [2.45, 2.75) is 0 Å². The lowest BCUT2D eigenvalue weighted by atomic mass is 10.0. The van der Waals surface area contributed by atoms with E-state index in [-0.39, 0.29) is 22.9 Å². The second-order valence-corrected chi connectivity index (χ2v) is 7.61. The molecule has 0 N–H and O–H groups in total. The average Bonchev–Trinajstić information content (AvgIpc) is 3.42. The summed E-state index contributed by atoms with van der Waals surface area (Å²) in [5, 5.41) is 9.40. The first-order valence-electron chi connectivity index (χ1n) is 9.03. The van der Waals surface area contributed by atoms with Crippen LogP contribution < -0.4 is 0 Å². The number of carbonyl (C=O) groups is 1. The summed E-state index contributed by atoms with van der Waals surface area (Å²) in [5.41, 5.74) is 3.22. The first-order chi connectivity index (χ1) is 14.7. The second kappa shape index (κ2) is 6.97. The number of ketones is 1. The molecule has 0 saturated carbocycles. The zero-order chi connectivity index (χ0) is 20.7. The van der Waals surface area contributed by atoms with Gasteiger partial charge in [-0.2, -0.15) is 4.98 Å². The quantitative estimate of drug-likeness (QED) is 0.233. The van der Waals surface area contributed by atoms with Gasteiger partial charge < -0.3 is 4.42 Å². The molecule has 0 aliphatic heterocycles. The molecular formula is C24H11N3O2S. The molecule has 2 heterocycles. The van der Waals surface area contributed by atoms with E-state index in [1.807, 2.05) is 42.5 Å². The third-order valence-electron chi connectivity index (χ3n) is 4.84. The minimum atomic E-state index is -0.247. The predicted molar refractivity (Wildman–Crippen MR) is 115 cm³/mol. The Morgan fingerprint density at radius 3 is 2.57 bits per heavy atom. The molecule has 0 radical (unpaired) electrons. The Balaban J connectivity index is 1.62. The lowest BCUT2D eigenvalue weighted by Gasteiger charge is -2.00. The lowest BCUT2D eigenvalue weighted by molar-refractivity contribution is 0.104. The Kier molecular flexibility index (Phi) is 4.14. The van der Waals surface area contributed by atoms with E-state index in [0.29, 0.717) is 22.3 Å².